The van der Waals surface area contributed by atoms with Crippen molar-refractivity contribution in [1.29, 1.82) is 0 Å². The zero-order valence-corrected chi connectivity index (χ0v) is 25.7. The second-order valence-corrected chi connectivity index (χ2v) is 13.4. The number of sulfonamides is 1. The van der Waals surface area contributed by atoms with Gasteiger partial charge < -0.3 is 10.1 Å². The van der Waals surface area contributed by atoms with Gasteiger partial charge in [0, 0.05) is 32.1 Å². The number of hydrogen-bond donors (Lipinski definition) is 1. The molecule has 1 atom stereocenters. The summed E-state index contributed by atoms with van der Waals surface area (Å²) < 4.78 is 37.7. The normalized spacial score (nSPS) is 15.9. The molecule has 1 aromatic heterocycles. The maximum Gasteiger partial charge on any atom is 0.296 e. The van der Waals surface area contributed by atoms with E-state index in [1.54, 1.807) is 42.9 Å². The van der Waals surface area contributed by atoms with E-state index in [1.165, 1.54) is 29.9 Å². The van der Waals surface area contributed by atoms with Gasteiger partial charge in [0.2, 0.25) is 0 Å². The van der Waals surface area contributed by atoms with Crippen molar-refractivity contribution in [2.45, 2.75) is 43.6 Å². The maximum absolute atomic E-state index is 13.8. The van der Waals surface area contributed by atoms with E-state index in [-0.39, 0.29) is 27.1 Å². The van der Waals surface area contributed by atoms with Crippen LogP contribution in [0.4, 0.5) is 5.69 Å². The van der Waals surface area contributed by atoms with E-state index < -0.39 is 27.1 Å². The van der Waals surface area contributed by atoms with Crippen LogP contribution in [0.5, 0.6) is 5.75 Å². The summed E-state index contributed by atoms with van der Waals surface area (Å²) >= 11 is 6.38. The molecule has 0 aliphatic carbocycles. The lowest BCUT2D eigenvalue weighted by molar-refractivity contribution is 0.0700. The smallest absolute Gasteiger partial charge is 0.296 e. The summed E-state index contributed by atoms with van der Waals surface area (Å²) in [6, 6.07) is 20.8. The Labute approximate surface area is 250 Å². The van der Waals surface area contributed by atoms with E-state index in [4.69, 9.17) is 16.3 Å². The number of ether oxygens (including phenoxy) is 1. The SMILES string of the molecule is Cc1c(N(C)S(=O)(=O)c2cc(C(=O)NCC3CC(C)(C)Oc4ccccc43)ccc2Cl)c(=O)n(-c2ccccc2)n1C. The number of hydrogen-bond acceptors (Lipinski definition) is 5. The van der Waals surface area contributed by atoms with E-state index in [0.29, 0.717) is 24.3 Å². The van der Waals surface area contributed by atoms with Gasteiger partial charge in [-0.15, -0.1) is 0 Å². The Morgan fingerprint density at radius 1 is 1.10 bits per heavy atom. The third-order valence-corrected chi connectivity index (χ3v) is 9.90. The number of anilines is 1. The fourth-order valence-corrected chi connectivity index (χ4v) is 7.23. The van der Waals surface area contributed by atoms with Gasteiger partial charge in [-0.2, -0.15) is 0 Å². The van der Waals surface area contributed by atoms with Crippen molar-refractivity contribution in [3.63, 3.8) is 0 Å². The molecule has 42 heavy (non-hydrogen) atoms. The molecule has 220 valence electrons. The molecule has 0 spiro atoms. The minimum absolute atomic E-state index is 0.0170. The first-order chi connectivity index (χ1) is 19.8. The number of carbonyl (C=O) groups excluding carboxylic acids is 1. The van der Waals surface area contributed by atoms with Gasteiger partial charge in [-0.3, -0.25) is 18.6 Å². The molecule has 1 unspecified atom stereocenters. The molecule has 9 nitrogen and oxygen atoms in total. The minimum Gasteiger partial charge on any atom is -0.488 e. The number of amides is 1. The number of fused-ring (bicyclic) bond motifs is 1. The predicted octanol–water partition coefficient (Wildman–Crippen LogP) is 5.04. The van der Waals surface area contributed by atoms with Gasteiger partial charge in [0.25, 0.3) is 21.5 Å². The summed E-state index contributed by atoms with van der Waals surface area (Å²) in [6.45, 7) is 6.03. The number of carbonyl (C=O) groups is 1. The van der Waals surface area contributed by atoms with E-state index >= 15 is 0 Å². The van der Waals surface area contributed by atoms with Crippen molar-refractivity contribution in [2.24, 2.45) is 7.05 Å². The Kier molecular flexibility index (Phi) is 7.72. The Morgan fingerprint density at radius 3 is 2.48 bits per heavy atom. The summed E-state index contributed by atoms with van der Waals surface area (Å²) in [5, 5.41) is 2.89. The number of rotatable bonds is 7. The Morgan fingerprint density at radius 2 is 1.76 bits per heavy atom. The van der Waals surface area contributed by atoms with Crippen LogP contribution in [-0.2, 0) is 17.1 Å². The van der Waals surface area contributed by atoms with E-state index in [2.05, 4.69) is 5.32 Å². The molecule has 1 N–H and O–H groups in total. The van der Waals surface area contributed by atoms with E-state index in [9.17, 15) is 18.0 Å². The molecule has 0 bridgehead atoms. The summed E-state index contributed by atoms with van der Waals surface area (Å²) in [5.41, 5.74) is 1.27. The first-order valence-electron chi connectivity index (χ1n) is 13.5. The van der Waals surface area contributed by atoms with Gasteiger partial charge in [0.15, 0.2) is 0 Å². The molecule has 0 fully saturated rings. The highest BCUT2D eigenvalue weighted by Crippen LogP contribution is 2.40. The van der Waals surface area contributed by atoms with Gasteiger partial charge in [0.1, 0.15) is 21.9 Å². The van der Waals surface area contributed by atoms with Crippen LogP contribution < -0.4 is 19.9 Å². The highest BCUT2D eigenvalue weighted by Gasteiger charge is 2.34. The van der Waals surface area contributed by atoms with Crippen LogP contribution in [0.3, 0.4) is 0 Å². The molecule has 0 saturated carbocycles. The third-order valence-electron chi connectivity index (χ3n) is 7.66. The number of nitrogens with zero attached hydrogens (tertiary/aromatic N) is 3. The van der Waals surface area contributed by atoms with Crippen LogP contribution in [-0.4, -0.2) is 42.9 Å². The summed E-state index contributed by atoms with van der Waals surface area (Å²) in [5.74, 6) is 0.372. The Balaban J connectivity index is 1.42. The molecule has 3 aromatic carbocycles. The number of aromatic nitrogens is 2. The number of halogens is 1. The van der Waals surface area contributed by atoms with Crippen molar-refractivity contribution < 1.29 is 17.9 Å². The predicted molar refractivity (Wildman–Crippen MR) is 164 cm³/mol. The summed E-state index contributed by atoms with van der Waals surface area (Å²) in [6.07, 6.45) is 0.701. The second kappa shape index (κ2) is 11.0. The molecular weight excluding hydrogens is 576 g/mol. The molecule has 5 rings (SSSR count). The third kappa shape index (κ3) is 5.32. The molecule has 4 aromatic rings. The van der Waals surface area contributed by atoms with Crippen LogP contribution in [0.25, 0.3) is 5.69 Å². The minimum atomic E-state index is -4.32. The molecule has 1 amide bonds. The van der Waals surface area contributed by atoms with Crippen molar-refractivity contribution in [3.05, 3.63) is 105 Å². The summed E-state index contributed by atoms with van der Waals surface area (Å²) in [7, 11) is -1.33. The van der Waals surface area contributed by atoms with Crippen LogP contribution >= 0.6 is 11.6 Å². The quantitative estimate of drug-likeness (QED) is 0.317. The van der Waals surface area contributed by atoms with E-state index in [0.717, 1.165) is 15.6 Å². The Bertz CT molecular complexity index is 1830. The fraction of sp³-hybridized carbons (Fsp3) is 0.290. The zero-order chi connectivity index (χ0) is 30.4. The average molecular weight is 609 g/mol. The monoisotopic (exact) mass is 608 g/mol. The van der Waals surface area contributed by atoms with E-state index in [1.807, 2.05) is 44.2 Å². The molecule has 1 aliphatic rings. The van der Waals surface area contributed by atoms with Crippen molar-refractivity contribution in [2.75, 3.05) is 17.9 Å². The van der Waals surface area contributed by atoms with Gasteiger partial charge in [-0.1, -0.05) is 48.0 Å². The largest absolute Gasteiger partial charge is 0.488 e. The van der Waals surface area contributed by atoms with Crippen molar-refractivity contribution in [1.82, 2.24) is 14.7 Å². The van der Waals surface area contributed by atoms with Crippen LogP contribution in [0.1, 0.15) is 47.8 Å². The lowest BCUT2D eigenvalue weighted by Gasteiger charge is -2.37. The topological polar surface area (TPSA) is 103 Å². The molecule has 0 radical (unpaired) electrons. The lowest BCUT2D eigenvalue weighted by atomic mass is 9.84. The number of para-hydroxylation sites is 2. The maximum atomic E-state index is 13.8. The number of benzene rings is 3. The highest BCUT2D eigenvalue weighted by molar-refractivity contribution is 7.93. The van der Waals surface area contributed by atoms with Gasteiger partial charge >= 0.3 is 0 Å². The first kappa shape index (κ1) is 29.5. The fourth-order valence-electron chi connectivity index (χ4n) is 5.48. The molecule has 2 heterocycles. The highest BCUT2D eigenvalue weighted by atomic mass is 35.5. The molecule has 1 aliphatic heterocycles. The second-order valence-electron chi connectivity index (χ2n) is 11.0. The molecular formula is C31H33ClN4O5S. The standard InChI is InChI=1S/C31H33ClN4O5S/c1-20-28(30(38)36(34(20)4)23-11-7-6-8-12-23)35(5)42(39,40)27-17-21(15-16-25(27)32)29(37)33-19-22-18-31(2,3)41-26-14-10-9-13-24(22)26/h6-17,22H,18-19H2,1-5H3,(H,33,37). The van der Waals surface area contributed by atoms with Crippen LogP contribution in [0, 0.1) is 6.92 Å². The van der Waals surface area contributed by atoms with Crippen LogP contribution in [0.2, 0.25) is 5.02 Å². The Hall–Kier alpha value is -4.02. The summed E-state index contributed by atoms with van der Waals surface area (Å²) in [4.78, 5) is 26.5. The van der Waals surface area contributed by atoms with Gasteiger partial charge in [0.05, 0.1) is 16.4 Å². The zero-order valence-electron chi connectivity index (χ0n) is 24.1. The first-order valence-corrected chi connectivity index (χ1v) is 15.3. The van der Waals surface area contributed by atoms with Crippen LogP contribution in [0.15, 0.2) is 82.5 Å². The average Bonchev–Trinajstić information content (AvgIpc) is 3.18. The lowest BCUT2D eigenvalue weighted by Crippen LogP contribution is -2.39. The molecule has 11 heteroatoms. The van der Waals surface area contributed by atoms with Crippen molar-refractivity contribution in [3.8, 4) is 11.4 Å². The number of nitrogens with one attached hydrogen (secondary N) is 1. The van der Waals surface area contributed by atoms with Gasteiger partial charge in [-0.25, -0.2) is 13.1 Å². The van der Waals surface area contributed by atoms with Crippen molar-refractivity contribution >= 4 is 33.2 Å². The molecule has 0 saturated heterocycles. The van der Waals surface area contributed by atoms with Gasteiger partial charge in [-0.05, 0) is 69.2 Å².